The number of fused-ring (bicyclic) bond motifs is 3. The second kappa shape index (κ2) is 4.73. The monoisotopic (exact) mass is 298 g/mol. The van der Waals surface area contributed by atoms with Gasteiger partial charge in [-0.15, -0.1) is 12.4 Å². The fourth-order valence-corrected chi connectivity index (χ4v) is 2.57. The van der Waals surface area contributed by atoms with Gasteiger partial charge in [0, 0.05) is 17.7 Å². The molecule has 0 bridgehead atoms. The normalized spacial score (nSPS) is 16.8. The van der Waals surface area contributed by atoms with E-state index >= 15 is 0 Å². The summed E-state index contributed by atoms with van der Waals surface area (Å²) in [7, 11) is 0. The summed E-state index contributed by atoms with van der Waals surface area (Å²) < 4.78 is 0. The van der Waals surface area contributed by atoms with Gasteiger partial charge in [0.2, 0.25) is 0 Å². The molecule has 0 saturated carbocycles. The summed E-state index contributed by atoms with van der Waals surface area (Å²) in [6.07, 6.45) is 0.832. The van der Waals surface area contributed by atoms with E-state index in [-0.39, 0.29) is 29.7 Å². The molecular weight excluding hydrogens is 288 g/mol. The smallest absolute Gasteiger partial charge is 0.314 e. The van der Waals surface area contributed by atoms with E-state index in [4.69, 9.17) is 5.73 Å². The number of rotatable bonds is 1. The number of H-pyrrole nitrogens is 2. The Kier molecular flexibility index (Phi) is 3.36. The van der Waals surface area contributed by atoms with Gasteiger partial charge in [-0.05, 0) is 18.4 Å². The van der Waals surface area contributed by atoms with Crippen LogP contribution in [0.1, 0.15) is 11.1 Å². The van der Waals surface area contributed by atoms with Gasteiger partial charge in [-0.1, -0.05) is 0 Å². The van der Waals surface area contributed by atoms with Gasteiger partial charge in [0.1, 0.15) is 0 Å². The third-order valence-electron chi connectivity index (χ3n) is 3.35. The molecule has 1 aromatic carbocycles. The van der Waals surface area contributed by atoms with Crippen molar-refractivity contribution in [2.45, 2.75) is 18.9 Å². The minimum atomic E-state index is -0.830. The molecule has 0 radical (unpaired) electrons. The van der Waals surface area contributed by atoms with Gasteiger partial charge in [0.15, 0.2) is 0 Å². The van der Waals surface area contributed by atoms with Crippen molar-refractivity contribution in [3.05, 3.63) is 48.0 Å². The van der Waals surface area contributed by atoms with E-state index in [1.807, 2.05) is 0 Å². The molecule has 0 spiro atoms. The number of aromatic amines is 2. The van der Waals surface area contributed by atoms with Crippen molar-refractivity contribution in [2.75, 3.05) is 0 Å². The average molecular weight is 299 g/mol. The summed E-state index contributed by atoms with van der Waals surface area (Å²) in [5, 5.41) is 11.1. The number of halogens is 1. The van der Waals surface area contributed by atoms with E-state index in [0.29, 0.717) is 29.5 Å². The van der Waals surface area contributed by atoms with E-state index in [9.17, 15) is 19.7 Å². The van der Waals surface area contributed by atoms with Crippen LogP contribution in [-0.4, -0.2) is 20.9 Å². The van der Waals surface area contributed by atoms with E-state index in [0.717, 1.165) is 0 Å². The van der Waals surface area contributed by atoms with Crippen LogP contribution in [0.25, 0.3) is 11.0 Å². The molecule has 4 N–H and O–H groups in total. The van der Waals surface area contributed by atoms with Crippen molar-refractivity contribution >= 4 is 29.1 Å². The average Bonchev–Trinajstić information content (AvgIpc) is 2.71. The molecule has 2 aromatic rings. The summed E-state index contributed by atoms with van der Waals surface area (Å²) in [6, 6.07) is 1.05. The Morgan fingerprint density at radius 2 is 1.80 bits per heavy atom. The van der Waals surface area contributed by atoms with E-state index in [1.54, 1.807) is 0 Å². The summed E-state index contributed by atoms with van der Waals surface area (Å²) in [4.78, 5) is 38.0. The number of benzene rings is 1. The van der Waals surface area contributed by atoms with Gasteiger partial charge in [0.25, 0.3) is 5.69 Å². The first-order valence-corrected chi connectivity index (χ1v) is 5.68. The SMILES string of the molecule is Cl.NC1Cc2c([N+](=O)[O-])cc3[nH]c(=O)c(=O)[nH]c3c2C1. The van der Waals surface area contributed by atoms with Crippen LogP contribution in [0.3, 0.4) is 0 Å². The van der Waals surface area contributed by atoms with Gasteiger partial charge in [-0.25, -0.2) is 0 Å². The molecule has 1 atom stereocenters. The van der Waals surface area contributed by atoms with Crippen LogP contribution in [0.2, 0.25) is 0 Å². The number of nitro groups is 1. The van der Waals surface area contributed by atoms with E-state index in [1.165, 1.54) is 6.07 Å². The molecule has 1 heterocycles. The Hall–Kier alpha value is -2.19. The predicted octanol–water partition coefficient (Wildman–Crippen LogP) is -0.0277. The Labute approximate surface area is 117 Å². The van der Waals surface area contributed by atoms with Gasteiger partial charge >= 0.3 is 11.1 Å². The van der Waals surface area contributed by atoms with Crippen molar-refractivity contribution in [1.82, 2.24) is 9.97 Å². The van der Waals surface area contributed by atoms with E-state index in [2.05, 4.69) is 9.97 Å². The fraction of sp³-hybridized carbons (Fsp3) is 0.273. The Balaban J connectivity index is 0.00000147. The molecule has 106 valence electrons. The predicted molar refractivity (Wildman–Crippen MR) is 74.5 cm³/mol. The van der Waals surface area contributed by atoms with Gasteiger partial charge in [-0.2, -0.15) is 0 Å². The molecule has 1 unspecified atom stereocenters. The van der Waals surface area contributed by atoms with Crippen LogP contribution in [0.4, 0.5) is 5.69 Å². The van der Waals surface area contributed by atoms with Crippen molar-refractivity contribution in [3.63, 3.8) is 0 Å². The third kappa shape index (κ3) is 1.98. The number of hydrogen-bond acceptors (Lipinski definition) is 5. The summed E-state index contributed by atoms with van der Waals surface area (Å²) in [6.45, 7) is 0. The molecule has 0 amide bonds. The minimum Gasteiger partial charge on any atom is -0.327 e. The molecule has 0 aliphatic heterocycles. The van der Waals surface area contributed by atoms with E-state index < -0.39 is 16.0 Å². The highest BCUT2D eigenvalue weighted by Crippen LogP contribution is 2.34. The Morgan fingerprint density at radius 3 is 2.45 bits per heavy atom. The summed E-state index contributed by atoms with van der Waals surface area (Å²) >= 11 is 0. The molecule has 20 heavy (non-hydrogen) atoms. The summed E-state index contributed by atoms with van der Waals surface area (Å²) in [5.41, 5.74) is 6.01. The zero-order valence-electron chi connectivity index (χ0n) is 10.1. The highest BCUT2D eigenvalue weighted by molar-refractivity contribution is 5.85. The maximum atomic E-state index is 11.4. The number of nitrogens with two attached hydrogens (primary N) is 1. The lowest BCUT2D eigenvalue weighted by Crippen LogP contribution is -2.29. The lowest BCUT2D eigenvalue weighted by molar-refractivity contribution is -0.385. The lowest BCUT2D eigenvalue weighted by atomic mass is 10.1. The second-order valence-corrected chi connectivity index (χ2v) is 4.61. The number of nitrogens with zero attached hydrogens (tertiary/aromatic N) is 1. The maximum Gasteiger partial charge on any atom is 0.314 e. The molecule has 9 heteroatoms. The molecule has 0 saturated heterocycles. The van der Waals surface area contributed by atoms with Gasteiger partial charge in [-0.3, -0.25) is 19.7 Å². The molecule has 1 aliphatic rings. The number of hydrogen-bond donors (Lipinski definition) is 3. The lowest BCUT2D eigenvalue weighted by Gasteiger charge is -2.05. The van der Waals surface area contributed by atoms with Crippen LogP contribution in [0.15, 0.2) is 15.7 Å². The standard InChI is InChI=1S/C11H10N4O4.ClH/c12-4-1-5-6(2-4)9-7(3-8(5)15(18)19)13-10(16)11(17)14-9;/h3-4H,1-2,12H2,(H,13,16)(H,14,17);1H. The molecule has 3 rings (SSSR count). The zero-order chi connectivity index (χ0) is 13.7. The Morgan fingerprint density at radius 1 is 1.20 bits per heavy atom. The molecule has 1 aliphatic carbocycles. The van der Waals surface area contributed by atoms with Crippen molar-refractivity contribution < 1.29 is 4.92 Å². The van der Waals surface area contributed by atoms with Crippen LogP contribution < -0.4 is 16.9 Å². The zero-order valence-corrected chi connectivity index (χ0v) is 11.0. The largest absolute Gasteiger partial charge is 0.327 e. The van der Waals surface area contributed by atoms with Gasteiger partial charge in [0.05, 0.1) is 16.0 Å². The number of aromatic nitrogens is 2. The van der Waals surface area contributed by atoms with Crippen molar-refractivity contribution in [2.24, 2.45) is 5.73 Å². The molecule has 8 nitrogen and oxygen atoms in total. The maximum absolute atomic E-state index is 11.4. The first-order valence-electron chi connectivity index (χ1n) is 5.68. The fourth-order valence-electron chi connectivity index (χ4n) is 2.57. The third-order valence-corrected chi connectivity index (χ3v) is 3.35. The minimum absolute atomic E-state index is 0. The van der Waals surface area contributed by atoms with Crippen LogP contribution in [0, 0.1) is 10.1 Å². The molecular formula is C11H11ClN4O4. The topological polar surface area (TPSA) is 135 Å². The Bertz CT molecular complexity index is 826. The van der Waals surface area contributed by atoms with Crippen molar-refractivity contribution in [1.29, 1.82) is 0 Å². The highest BCUT2D eigenvalue weighted by atomic mass is 35.5. The highest BCUT2D eigenvalue weighted by Gasteiger charge is 2.29. The number of nitro benzene ring substituents is 1. The van der Waals surface area contributed by atoms with Crippen molar-refractivity contribution in [3.8, 4) is 0 Å². The second-order valence-electron chi connectivity index (χ2n) is 4.61. The first-order chi connectivity index (χ1) is 8.97. The number of nitrogens with one attached hydrogen (secondary N) is 2. The van der Waals surface area contributed by atoms with Crippen LogP contribution in [0.5, 0.6) is 0 Å². The van der Waals surface area contributed by atoms with Crippen LogP contribution >= 0.6 is 12.4 Å². The summed E-state index contributed by atoms with van der Waals surface area (Å²) in [5.74, 6) is 0. The van der Waals surface area contributed by atoms with Gasteiger partial charge < -0.3 is 15.7 Å². The molecule has 1 aromatic heterocycles. The first kappa shape index (κ1) is 14.2. The van der Waals surface area contributed by atoms with Crippen LogP contribution in [-0.2, 0) is 12.8 Å². The quantitative estimate of drug-likeness (QED) is 0.386. The molecule has 0 fully saturated rings.